The Labute approximate surface area is 200 Å². The van der Waals surface area contributed by atoms with Crippen LogP contribution >= 0.6 is 12.2 Å². The van der Waals surface area contributed by atoms with E-state index in [1.807, 2.05) is 33.6 Å². The van der Waals surface area contributed by atoms with Gasteiger partial charge in [-0.15, -0.1) is 0 Å². The Morgan fingerprint density at radius 2 is 1.67 bits per heavy atom. The van der Waals surface area contributed by atoms with Crippen molar-refractivity contribution in [3.05, 3.63) is 83.0 Å². The minimum Gasteiger partial charge on any atom is -0.301 e. The maximum atomic E-state index is 5.82. The van der Waals surface area contributed by atoms with Crippen LogP contribution in [0, 0.1) is 4.77 Å². The number of nitrogens with zero attached hydrogens (tertiary/aromatic N) is 6. The summed E-state index contributed by atoms with van der Waals surface area (Å²) in [4.78, 5) is 2.25. The zero-order valence-corrected chi connectivity index (χ0v) is 20.2. The van der Waals surface area contributed by atoms with Crippen molar-refractivity contribution in [2.24, 2.45) is 0 Å². The van der Waals surface area contributed by atoms with Crippen LogP contribution in [-0.2, 0) is 13.2 Å². The number of benzene rings is 2. The van der Waals surface area contributed by atoms with Gasteiger partial charge in [0.1, 0.15) is 5.82 Å². The second kappa shape index (κ2) is 9.08. The lowest BCUT2D eigenvalue weighted by molar-refractivity contribution is 0.243. The molecule has 0 radical (unpaired) electrons. The molecule has 1 aliphatic rings. The summed E-state index contributed by atoms with van der Waals surface area (Å²) in [6, 6.07) is 21.2. The highest BCUT2D eigenvalue weighted by Crippen LogP contribution is 2.37. The number of para-hydroxylation sites is 1. The Kier molecular flexibility index (Phi) is 6.00. The van der Waals surface area contributed by atoms with E-state index in [1.165, 1.54) is 18.4 Å². The molecule has 2 aromatic heterocycles. The van der Waals surface area contributed by atoms with Gasteiger partial charge in [-0.1, -0.05) is 62.4 Å². The van der Waals surface area contributed by atoms with E-state index in [9.17, 15) is 0 Å². The molecular weight excluding hydrogens is 428 g/mol. The summed E-state index contributed by atoms with van der Waals surface area (Å²) in [5, 5.41) is 9.84. The quantitative estimate of drug-likeness (QED) is 0.312. The van der Waals surface area contributed by atoms with Gasteiger partial charge in [0.05, 0.1) is 18.1 Å². The van der Waals surface area contributed by atoms with Crippen LogP contribution < -0.4 is 0 Å². The summed E-state index contributed by atoms with van der Waals surface area (Å²) in [5.41, 5.74) is 4.34. The van der Waals surface area contributed by atoms with Gasteiger partial charge in [-0.3, -0.25) is 4.90 Å². The van der Waals surface area contributed by atoms with E-state index in [1.54, 1.807) is 0 Å². The predicted octanol–water partition coefficient (Wildman–Crippen LogP) is 5.81. The summed E-state index contributed by atoms with van der Waals surface area (Å²) >= 11 is 5.82. The first-order valence-electron chi connectivity index (χ1n) is 11.6. The van der Waals surface area contributed by atoms with Crippen LogP contribution in [0.4, 0.5) is 0 Å². The average molecular weight is 459 g/mol. The molecular formula is C26H30N6S. The molecule has 0 bridgehead atoms. The highest BCUT2D eigenvalue weighted by Gasteiger charge is 2.29. The average Bonchev–Trinajstić information content (AvgIpc) is 3.49. The summed E-state index contributed by atoms with van der Waals surface area (Å²) in [5.74, 6) is 1.45. The van der Waals surface area contributed by atoms with Gasteiger partial charge in [0, 0.05) is 35.8 Å². The van der Waals surface area contributed by atoms with E-state index < -0.39 is 0 Å². The molecule has 1 aliphatic carbocycles. The van der Waals surface area contributed by atoms with Crippen molar-refractivity contribution in [3.8, 4) is 16.9 Å². The van der Waals surface area contributed by atoms with Crippen LogP contribution in [-0.4, -0.2) is 36.1 Å². The molecule has 4 aromatic rings. The molecule has 0 aliphatic heterocycles. The summed E-state index contributed by atoms with van der Waals surface area (Å²) in [6.07, 6.45) is 4.54. The number of aromatic nitrogens is 5. The van der Waals surface area contributed by atoms with Crippen molar-refractivity contribution in [1.29, 1.82) is 0 Å². The second-order valence-electron chi connectivity index (χ2n) is 9.20. The standard InChI is InChI=1S/C26H30N6S/c1-19(2)25-28-31(26(33)32(25)23-14-15-23)18-29(3)16-21-17-30(22-12-8-5-9-13-22)27-24(21)20-10-6-4-7-11-20/h4-13,17,19,23H,14-16,18H2,1-3H3. The molecule has 5 rings (SSSR count). The molecule has 0 N–H and O–H groups in total. The first-order valence-corrected chi connectivity index (χ1v) is 12.0. The van der Waals surface area contributed by atoms with Crippen molar-refractivity contribution in [2.75, 3.05) is 7.05 Å². The van der Waals surface area contributed by atoms with Gasteiger partial charge in [-0.05, 0) is 44.2 Å². The van der Waals surface area contributed by atoms with Crippen LogP contribution in [0.15, 0.2) is 66.9 Å². The molecule has 7 heteroatoms. The van der Waals surface area contributed by atoms with Crippen molar-refractivity contribution in [1.82, 2.24) is 29.0 Å². The molecule has 2 heterocycles. The SMILES string of the molecule is CC(C)c1nn(CN(C)Cc2cn(-c3ccccc3)nc2-c2ccccc2)c(=S)n1C1CC1. The van der Waals surface area contributed by atoms with Crippen LogP contribution in [0.3, 0.4) is 0 Å². The Balaban J connectivity index is 1.44. The second-order valence-corrected chi connectivity index (χ2v) is 9.57. The lowest BCUT2D eigenvalue weighted by Crippen LogP contribution is -2.23. The number of hydrogen-bond acceptors (Lipinski definition) is 4. The third kappa shape index (κ3) is 4.56. The van der Waals surface area contributed by atoms with E-state index in [4.69, 9.17) is 22.4 Å². The van der Waals surface area contributed by atoms with Crippen molar-refractivity contribution >= 4 is 12.2 Å². The molecule has 6 nitrogen and oxygen atoms in total. The molecule has 1 fully saturated rings. The minimum absolute atomic E-state index is 0.354. The lowest BCUT2D eigenvalue weighted by Gasteiger charge is -2.16. The molecule has 33 heavy (non-hydrogen) atoms. The highest BCUT2D eigenvalue weighted by atomic mass is 32.1. The first kappa shape index (κ1) is 21.8. The molecule has 170 valence electrons. The third-order valence-electron chi connectivity index (χ3n) is 6.00. The van der Waals surface area contributed by atoms with E-state index in [0.29, 0.717) is 18.6 Å². The van der Waals surface area contributed by atoms with E-state index in [0.717, 1.165) is 34.1 Å². The molecule has 2 aromatic carbocycles. The first-order chi connectivity index (χ1) is 16.0. The summed E-state index contributed by atoms with van der Waals surface area (Å²) < 4.78 is 7.05. The van der Waals surface area contributed by atoms with Gasteiger partial charge in [0.2, 0.25) is 0 Å². The van der Waals surface area contributed by atoms with Gasteiger partial charge in [-0.2, -0.15) is 10.2 Å². The third-order valence-corrected chi connectivity index (χ3v) is 6.41. The fourth-order valence-corrected chi connectivity index (χ4v) is 4.59. The Bertz CT molecular complexity index is 1280. The highest BCUT2D eigenvalue weighted by molar-refractivity contribution is 7.71. The molecule has 1 saturated carbocycles. The van der Waals surface area contributed by atoms with Crippen LogP contribution in [0.1, 0.15) is 50.0 Å². The van der Waals surface area contributed by atoms with Gasteiger partial charge in [-0.25, -0.2) is 9.36 Å². The number of rotatable bonds is 8. The molecule has 0 amide bonds. The van der Waals surface area contributed by atoms with E-state index in [2.05, 4.69) is 73.0 Å². The molecule has 0 spiro atoms. The summed E-state index contributed by atoms with van der Waals surface area (Å²) in [7, 11) is 2.11. The number of hydrogen-bond donors (Lipinski definition) is 0. The molecule has 0 atom stereocenters. The van der Waals surface area contributed by atoms with Crippen LogP contribution in [0.25, 0.3) is 16.9 Å². The van der Waals surface area contributed by atoms with Gasteiger partial charge < -0.3 is 4.57 Å². The Hall–Kier alpha value is -3.03. The lowest BCUT2D eigenvalue weighted by atomic mass is 10.1. The maximum absolute atomic E-state index is 5.82. The maximum Gasteiger partial charge on any atom is 0.199 e. The zero-order chi connectivity index (χ0) is 22.9. The van der Waals surface area contributed by atoms with Gasteiger partial charge in [0.25, 0.3) is 0 Å². The van der Waals surface area contributed by atoms with Gasteiger partial charge in [0.15, 0.2) is 4.77 Å². The monoisotopic (exact) mass is 458 g/mol. The largest absolute Gasteiger partial charge is 0.301 e. The van der Waals surface area contributed by atoms with Crippen molar-refractivity contribution in [3.63, 3.8) is 0 Å². The fraction of sp³-hybridized carbons (Fsp3) is 0.346. The van der Waals surface area contributed by atoms with Crippen LogP contribution in [0.2, 0.25) is 0 Å². The smallest absolute Gasteiger partial charge is 0.199 e. The topological polar surface area (TPSA) is 43.8 Å². The zero-order valence-electron chi connectivity index (χ0n) is 19.4. The Morgan fingerprint density at radius 3 is 2.30 bits per heavy atom. The normalized spacial score (nSPS) is 13.8. The predicted molar refractivity (Wildman–Crippen MR) is 134 cm³/mol. The van der Waals surface area contributed by atoms with Crippen molar-refractivity contribution in [2.45, 2.75) is 51.9 Å². The minimum atomic E-state index is 0.354. The molecule has 0 saturated heterocycles. The van der Waals surface area contributed by atoms with Gasteiger partial charge >= 0.3 is 0 Å². The fourth-order valence-electron chi connectivity index (χ4n) is 4.25. The Morgan fingerprint density at radius 1 is 1.00 bits per heavy atom. The molecule has 0 unspecified atom stereocenters. The van der Waals surface area contributed by atoms with E-state index >= 15 is 0 Å². The summed E-state index contributed by atoms with van der Waals surface area (Å²) in [6.45, 7) is 5.76. The van der Waals surface area contributed by atoms with Crippen molar-refractivity contribution < 1.29 is 0 Å². The van der Waals surface area contributed by atoms with E-state index in [-0.39, 0.29) is 0 Å². The van der Waals surface area contributed by atoms with Crippen LogP contribution in [0.5, 0.6) is 0 Å².